The van der Waals surface area contributed by atoms with Crippen LogP contribution in [0.25, 0.3) is 0 Å². The number of aliphatic hydroxyl groups excluding tert-OH is 1. The summed E-state index contributed by atoms with van der Waals surface area (Å²) < 4.78 is 0. The van der Waals surface area contributed by atoms with Gasteiger partial charge in [-0.3, -0.25) is 9.78 Å². The molecule has 0 aliphatic rings. The maximum Gasteiger partial charge on any atom is 0.272 e. The third kappa shape index (κ3) is 3.43. The molecule has 0 bridgehead atoms. The second-order valence-electron chi connectivity index (χ2n) is 4.17. The third-order valence-electron chi connectivity index (χ3n) is 2.99. The van der Waals surface area contributed by atoms with Crippen LogP contribution in [0.15, 0.2) is 18.3 Å². The van der Waals surface area contributed by atoms with Crippen LogP contribution in [0.4, 0.5) is 5.69 Å². The van der Waals surface area contributed by atoms with E-state index < -0.39 is 0 Å². The van der Waals surface area contributed by atoms with Gasteiger partial charge in [0.2, 0.25) is 0 Å². The van der Waals surface area contributed by atoms with E-state index in [1.807, 2.05) is 13.8 Å². The molecule has 0 spiro atoms. The summed E-state index contributed by atoms with van der Waals surface area (Å²) in [5, 5.41) is 9.09. The molecule has 1 aromatic heterocycles. The van der Waals surface area contributed by atoms with Gasteiger partial charge in [0.05, 0.1) is 6.61 Å². The lowest BCUT2D eigenvalue weighted by Gasteiger charge is -2.29. The number of pyridine rings is 1. The van der Waals surface area contributed by atoms with Gasteiger partial charge in [0.25, 0.3) is 5.91 Å². The Morgan fingerprint density at radius 1 is 1.50 bits per heavy atom. The molecule has 0 radical (unpaired) electrons. The minimum absolute atomic E-state index is 0.0510. The number of carbonyl (C=O) groups excluding carboxylic acids is 1. The molecule has 0 saturated heterocycles. The van der Waals surface area contributed by atoms with Crippen LogP contribution in [0.2, 0.25) is 0 Å². The number of anilines is 1. The van der Waals surface area contributed by atoms with Gasteiger partial charge in [0, 0.05) is 24.5 Å². The van der Waals surface area contributed by atoms with Crippen molar-refractivity contribution in [3.05, 3.63) is 24.0 Å². The summed E-state index contributed by atoms with van der Waals surface area (Å²) in [6.45, 7) is 4.32. The predicted octanol–water partition coefficient (Wildman–Crippen LogP) is 1.29. The fourth-order valence-corrected chi connectivity index (χ4v) is 2.00. The highest BCUT2D eigenvalue weighted by Crippen LogP contribution is 2.13. The average Bonchev–Trinajstić information content (AvgIpc) is 2.38. The molecule has 18 heavy (non-hydrogen) atoms. The van der Waals surface area contributed by atoms with Gasteiger partial charge < -0.3 is 15.7 Å². The van der Waals surface area contributed by atoms with Crippen molar-refractivity contribution in [2.45, 2.75) is 32.7 Å². The molecule has 1 aromatic rings. The van der Waals surface area contributed by atoms with E-state index in [4.69, 9.17) is 10.8 Å². The van der Waals surface area contributed by atoms with Gasteiger partial charge >= 0.3 is 0 Å². The number of amides is 1. The van der Waals surface area contributed by atoms with E-state index in [1.54, 1.807) is 17.0 Å². The first kappa shape index (κ1) is 14.4. The van der Waals surface area contributed by atoms with Crippen molar-refractivity contribution < 1.29 is 9.90 Å². The van der Waals surface area contributed by atoms with Crippen molar-refractivity contribution in [3.63, 3.8) is 0 Å². The fraction of sp³-hybridized carbons (Fsp3) is 0.538. The molecule has 1 heterocycles. The van der Waals surface area contributed by atoms with E-state index in [1.165, 1.54) is 6.20 Å². The van der Waals surface area contributed by atoms with Gasteiger partial charge in [-0.1, -0.05) is 13.8 Å². The Labute approximate surface area is 108 Å². The van der Waals surface area contributed by atoms with Gasteiger partial charge in [-0.25, -0.2) is 0 Å². The van der Waals surface area contributed by atoms with Crippen LogP contribution < -0.4 is 5.73 Å². The highest BCUT2D eigenvalue weighted by Gasteiger charge is 2.22. The quantitative estimate of drug-likeness (QED) is 0.798. The first-order chi connectivity index (χ1) is 8.63. The van der Waals surface area contributed by atoms with Gasteiger partial charge in [0.1, 0.15) is 5.69 Å². The van der Waals surface area contributed by atoms with Crippen molar-refractivity contribution in [1.29, 1.82) is 0 Å². The predicted molar refractivity (Wildman–Crippen MR) is 71.1 cm³/mol. The van der Waals surface area contributed by atoms with E-state index in [9.17, 15) is 4.79 Å². The number of nitrogens with zero attached hydrogens (tertiary/aromatic N) is 2. The van der Waals surface area contributed by atoms with E-state index in [0.717, 1.165) is 12.8 Å². The van der Waals surface area contributed by atoms with Crippen LogP contribution in [0.3, 0.4) is 0 Å². The molecular formula is C13H21N3O2. The average molecular weight is 251 g/mol. The summed E-state index contributed by atoms with van der Waals surface area (Å²) in [5.41, 5.74) is 6.50. The monoisotopic (exact) mass is 251 g/mol. The van der Waals surface area contributed by atoms with E-state index in [2.05, 4.69) is 4.98 Å². The molecule has 0 aliphatic carbocycles. The van der Waals surface area contributed by atoms with Gasteiger partial charge in [0.15, 0.2) is 0 Å². The Hall–Kier alpha value is -1.62. The number of nitrogens with two attached hydrogens (primary N) is 1. The smallest absolute Gasteiger partial charge is 0.272 e. The van der Waals surface area contributed by atoms with Gasteiger partial charge in [-0.05, 0) is 25.0 Å². The zero-order valence-electron chi connectivity index (χ0n) is 11.0. The standard InChI is InChI=1S/C13H21N3O2/c1-3-11(4-2)16(7-8-17)13(18)12-9-10(14)5-6-15-12/h5-6,9,11,17H,3-4,7-8H2,1-2H3,(H2,14,15). The Kier molecular flexibility index (Phi) is 5.58. The summed E-state index contributed by atoms with van der Waals surface area (Å²) in [6.07, 6.45) is 3.22. The Morgan fingerprint density at radius 3 is 2.67 bits per heavy atom. The van der Waals surface area contributed by atoms with Crippen LogP contribution in [0.5, 0.6) is 0 Å². The van der Waals surface area contributed by atoms with Crippen LogP contribution in [0.1, 0.15) is 37.2 Å². The number of aliphatic hydroxyl groups is 1. The second kappa shape index (κ2) is 6.96. The van der Waals surface area contributed by atoms with Crippen molar-refractivity contribution in [2.75, 3.05) is 18.9 Å². The van der Waals surface area contributed by atoms with E-state index in [-0.39, 0.29) is 18.6 Å². The lowest BCUT2D eigenvalue weighted by atomic mass is 10.1. The molecule has 0 saturated carbocycles. The molecule has 0 fully saturated rings. The molecule has 3 N–H and O–H groups in total. The number of hydrogen-bond donors (Lipinski definition) is 2. The molecular weight excluding hydrogens is 230 g/mol. The molecule has 0 aliphatic heterocycles. The number of aromatic nitrogens is 1. The maximum atomic E-state index is 12.3. The Morgan fingerprint density at radius 2 is 2.17 bits per heavy atom. The molecule has 1 amide bonds. The van der Waals surface area contributed by atoms with E-state index in [0.29, 0.717) is 17.9 Å². The molecule has 0 unspecified atom stereocenters. The minimum atomic E-state index is -0.176. The SMILES string of the molecule is CCC(CC)N(CCO)C(=O)c1cc(N)ccn1. The van der Waals surface area contributed by atoms with Gasteiger partial charge in [-0.15, -0.1) is 0 Å². The Balaban J connectivity index is 2.95. The zero-order valence-corrected chi connectivity index (χ0v) is 11.0. The summed E-state index contributed by atoms with van der Waals surface area (Å²) in [7, 11) is 0. The molecule has 5 heteroatoms. The second-order valence-corrected chi connectivity index (χ2v) is 4.17. The van der Waals surface area contributed by atoms with Crippen LogP contribution in [-0.2, 0) is 0 Å². The number of hydrogen-bond acceptors (Lipinski definition) is 4. The highest BCUT2D eigenvalue weighted by atomic mass is 16.3. The Bertz CT molecular complexity index is 392. The van der Waals surface area contributed by atoms with Crippen LogP contribution in [-0.4, -0.2) is 40.1 Å². The number of nitrogen functional groups attached to an aromatic ring is 1. The van der Waals surface area contributed by atoms with Crippen molar-refractivity contribution in [1.82, 2.24) is 9.88 Å². The molecule has 1 rings (SSSR count). The topological polar surface area (TPSA) is 79.5 Å². The van der Waals surface area contributed by atoms with Crippen molar-refractivity contribution in [3.8, 4) is 0 Å². The lowest BCUT2D eigenvalue weighted by Crippen LogP contribution is -2.41. The van der Waals surface area contributed by atoms with Crippen LogP contribution >= 0.6 is 0 Å². The first-order valence-corrected chi connectivity index (χ1v) is 6.27. The summed E-state index contributed by atoms with van der Waals surface area (Å²) >= 11 is 0. The molecule has 5 nitrogen and oxygen atoms in total. The lowest BCUT2D eigenvalue weighted by molar-refractivity contribution is 0.0616. The molecule has 0 aromatic carbocycles. The molecule has 0 atom stereocenters. The van der Waals surface area contributed by atoms with Crippen molar-refractivity contribution in [2.24, 2.45) is 0 Å². The van der Waals surface area contributed by atoms with Gasteiger partial charge in [-0.2, -0.15) is 0 Å². The summed E-state index contributed by atoms with van der Waals surface area (Å²) in [5.74, 6) is -0.176. The minimum Gasteiger partial charge on any atom is -0.399 e. The normalized spacial score (nSPS) is 10.7. The summed E-state index contributed by atoms with van der Waals surface area (Å²) in [6, 6.07) is 3.33. The maximum absolute atomic E-state index is 12.3. The highest BCUT2D eigenvalue weighted by molar-refractivity contribution is 5.93. The zero-order chi connectivity index (χ0) is 13.5. The first-order valence-electron chi connectivity index (χ1n) is 6.27. The third-order valence-corrected chi connectivity index (χ3v) is 2.99. The van der Waals surface area contributed by atoms with E-state index >= 15 is 0 Å². The summed E-state index contributed by atoms with van der Waals surface area (Å²) in [4.78, 5) is 18.1. The van der Waals surface area contributed by atoms with Crippen molar-refractivity contribution >= 4 is 11.6 Å². The molecule has 100 valence electrons. The largest absolute Gasteiger partial charge is 0.399 e. The fourth-order valence-electron chi connectivity index (χ4n) is 2.00. The number of carbonyl (C=O) groups is 1. The number of rotatable bonds is 6. The van der Waals surface area contributed by atoms with Crippen LogP contribution in [0, 0.1) is 0 Å².